The maximum absolute atomic E-state index is 5.87. The molecule has 0 amide bonds. The van der Waals surface area contributed by atoms with E-state index in [0.29, 0.717) is 11.9 Å². The molecule has 0 saturated carbocycles. The molecule has 1 aromatic carbocycles. The molecule has 0 aliphatic rings. The summed E-state index contributed by atoms with van der Waals surface area (Å²) in [5.74, 6) is 0.648. The largest absolute Gasteiger partial charge is 0.298 e. The van der Waals surface area contributed by atoms with Gasteiger partial charge in [-0.2, -0.15) is 0 Å². The van der Waals surface area contributed by atoms with Crippen molar-refractivity contribution in [2.45, 2.75) is 19.5 Å². The van der Waals surface area contributed by atoms with Crippen LogP contribution in [0.2, 0.25) is 0 Å². The predicted molar refractivity (Wildman–Crippen MR) is 73.4 cm³/mol. The van der Waals surface area contributed by atoms with Gasteiger partial charge in [0.05, 0.1) is 5.52 Å². The molecule has 0 spiro atoms. The lowest BCUT2D eigenvalue weighted by atomic mass is 10.1. The zero-order valence-corrected chi connectivity index (χ0v) is 11.0. The summed E-state index contributed by atoms with van der Waals surface area (Å²) >= 11 is 5.87. The van der Waals surface area contributed by atoms with Crippen LogP contribution in [0.25, 0.3) is 10.9 Å². The number of rotatable bonds is 4. The number of pyridine rings is 1. The summed E-state index contributed by atoms with van der Waals surface area (Å²) in [5.41, 5.74) is 2.34. The van der Waals surface area contributed by atoms with Crippen molar-refractivity contribution in [2.24, 2.45) is 0 Å². The molecule has 2 aromatic rings. The molecule has 1 heterocycles. The third-order valence-electron chi connectivity index (χ3n) is 3.11. The molecule has 90 valence electrons. The molecule has 0 bridgehead atoms. The molecule has 1 atom stereocenters. The first-order valence-corrected chi connectivity index (χ1v) is 6.34. The van der Waals surface area contributed by atoms with Crippen LogP contribution < -0.4 is 0 Å². The van der Waals surface area contributed by atoms with Gasteiger partial charge in [0.2, 0.25) is 0 Å². The fourth-order valence-electron chi connectivity index (χ4n) is 1.84. The van der Waals surface area contributed by atoms with E-state index < -0.39 is 0 Å². The summed E-state index contributed by atoms with van der Waals surface area (Å²) in [7, 11) is 2.09. The van der Waals surface area contributed by atoms with Gasteiger partial charge in [0.25, 0.3) is 0 Å². The molecule has 17 heavy (non-hydrogen) atoms. The van der Waals surface area contributed by atoms with Crippen LogP contribution in [0, 0.1) is 0 Å². The number of para-hydroxylation sites is 1. The average molecular weight is 249 g/mol. The molecule has 0 aliphatic carbocycles. The lowest BCUT2D eigenvalue weighted by Gasteiger charge is -2.23. The predicted octanol–water partition coefficient (Wildman–Crippen LogP) is 3.29. The Morgan fingerprint density at radius 1 is 1.29 bits per heavy atom. The minimum Gasteiger partial charge on any atom is -0.298 e. The molecule has 2 rings (SSSR count). The van der Waals surface area contributed by atoms with Crippen LogP contribution in [-0.2, 0) is 6.54 Å². The number of benzene rings is 1. The van der Waals surface area contributed by atoms with Crippen LogP contribution >= 0.6 is 11.6 Å². The third kappa shape index (κ3) is 2.76. The Hall–Kier alpha value is -1.12. The Morgan fingerprint density at radius 2 is 2.06 bits per heavy atom. The highest BCUT2D eigenvalue weighted by atomic mass is 35.5. The number of alkyl halides is 1. The van der Waals surface area contributed by atoms with Gasteiger partial charge in [-0.1, -0.05) is 24.3 Å². The van der Waals surface area contributed by atoms with E-state index in [1.807, 2.05) is 12.3 Å². The highest BCUT2D eigenvalue weighted by Gasteiger charge is 2.10. The zero-order valence-electron chi connectivity index (χ0n) is 10.2. The SMILES string of the molecule is CC(CCl)N(C)Cc1cccc2cccnc12. The molecule has 0 aliphatic heterocycles. The number of hydrogen-bond acceptors (Lipinski definition) is 2. The molecule has 0 radical (unpaired) electrons. The van der Waals surface area contributed by atoms with Gasteiger partial charge >= 0.3 is 0 Å². The smallest absolute Gasteiger partial charge is 0.0746 e. The maximum Gasteiger partial charge on any atom is 0.0746 e. The van der Waals surface area contributed by atoms with Crippen LogP contribution in [0.15, 0.2) is 36.5 Å². The number of halogens is 1. The quantitative estimate of drug-likeness (QED) is 0.772. The van der Waals surface area contributed by atoms with Crippen LogP contribution in [0.5, 0.6) is 0 Å². The first-order valence-electron chi connectivity index (χ1n) is 5.81. The second-order valence-corrected chi connectivity index (χ2v) is 4.72. The monoisotopic (exact) mass is 248 g/mol. The molecular weight excluding hydrogens is 232 g/mol. The van der Waals surface area contributed by atoms with Gasteiger partial charge < -0.3 is 0 Å². The highest BCUT2D eigenvalue weighted by molar-refractivity contribution is 6.18. The second-order valence-electron chi connectivity index (χ2n) is 4.41. The standard InChI is InChI=1S/C14H17ClN2/c1-11(9-15)17(2)10-13-6-3-5-12-7-4-8-16-14(12)13/h3-8,11H,9-10H2,1-2H3. The topological polar surface area (TPSA) is 16.1 Å². The van der Waals surface area contributed by atoms with Crippen molar-refractivity contribution < 1.29 is 0 Å². The van der Waals surface area contributed by atoms with Crippen LogP contribution in [0.1, 0.15) is 12.5 Å². The van der Waals surface area contributed by atoms with Crippen molar-refractivity contribution in [3.05, 3.63) is 42.1 Å². The van der Waals surface area contributed by atoms with Crippen molar-refractivity contribution in [2.75, 3.05) is 12.9 Å². The first-order chi connectivity index (χ1) is 8.22. The van der Waals surface area contributed by atoms with Crippen molar-refractivity contribution in [1.82, 2.24) is 9.88 Å². The van der Waals surface area contributed by atoms with E-state index in [9.17, 15) is 0 Å². The number of nitrogens with zero attached hydrogens (tertiary/aromatic N) is 2. The second kappa shape index (κ2) is 5.48. The van der Waals surface area contributed by atoms with Gasteiger partial charge in [0, 0.05) is 30.0 Å². The molecule has 0 fully saturated rings. The molecule has 3 heteroatoms. The minimum atomic E-state index is 0.371. The molecule has 0 saturated heterocycles. The van der Waals surface area contributed by atoms with Crippen molar-refractivity contribution in [3.63, 3.8) is 0 Å². The Kier molecular flexibility index (Phi) is 3.97. The van der Waals surface area contributed by atoms with Crippen molar-refractivity contribution in [3.8, 4) is 0 Å². The summed E-state index contributed by atoms with van der Waals surface area (Å²) in [4.78, 5) is 6.71. The molecule has 2 nitrogen and oxygen atoms in total. The number of hydrogen-bond donors (Lipinski definition) is 0. The van der Waals surface area contributed by atoms with E-state index in [1.54, 1.807) is 0 Å². The normalized spacial score (nSPS) is 13.2. The Bertz CT molecular complexity index is 493. The van der Waals surface area contributed by atoms with Gasteiger partial charge in [-0.25, -0.2) is 0 Å². The molecule has 0 N–H and O–H groups in total. The average Bonchev–Trinajstić information content (AvgIpc) is 2.38. The Labute approximate surface area is 107 Å². The fraction of sp³-hybridized carbons (Fsp3) is 0.357. The van der Waals surface area contributed by atoms with Crippen molar-refractivity contribution in [1.29, 1.82) is 0 Å². The minimum absolute atomic E-state index is 0.371. The first kappa shape index (κ1) is 12.3. The van der Waals surface area contributed by atoms with Crippen LogP contribution in [-0.4, -0.2) is 28.9 Å². The molecule has 1 aromatic heterocycles. The van der Waals surface area contributed by atoms with E-state index in [0.717, 1.165) is 12.1 Å². The molecular formula is C14H17ClN2. The van der Waals surface area contributed by atoms with Gasteiger partial charge in [0.1, 0.15) is 0 Å². The summed E-state index contributed by atoms with van der Waals surface area (Å²) in [6.07, 6.45) is 1.84. The van der Waals surface area contributed by atoms with E-state index in [4.69, 9.17) is 11.6 Å². The third-order valence-corrected chi connectivity index (χ3v) is 3.56. The van der Waals surface area contributed by atoms with Gasteiger partial charge in [-0.3, -0.25) is 9.88 Å². The van der Waals surface area contributed by atoms with E-state index in [-0.39, 0.29) is 0 Å². The lowest BCUT2D eigenvalue weighted by molar-refractivity contribution is 0.269. The van der Waals surface area contributed by atoms with E-state index >= 15 is 0 Å². The van der Waals surface area contributed by atoms with Crippen molar-refractivity contribution >= 4 is 22.5 Å². The van der Waals surface area contributed by atoms with Crippen LogP contribution in [0.3, 0.4) is 0 Å². The van der Waals surface area contributed by atoms with Gasteiger partial charge in [-0.05, 0) is 25.6 Å². The van der Waals surface area contributed by atoms with E-state index in [1.165, 1.54) is 10.9 Å². The van der Waals surface area contributed by atoms with Crippen LogP contribution in [0.4, 0.5) is 0 Å². The summed E-state index contributed by atoms with van der Waals surface area (Å²) in [5, 5.41) is 1.19. The highest BCUT2D eigenvalue weighted by Crippen LogP contribution is 2.18. The summed E-state index contributed by atoms with van der Waals surface area (Å²) in [6.45, 7) is 3.01. The Balaban J connectivity index is 2.30. The van der Waals surface area contributed by atoms with Gasteiger partial charge in [-0.15, -0.1) is 11.6 Å². The summed E-state index contributed by atoms with van der Waals surface area (Å²) in [6, 6.07) is 10.7. The van der Waals surface area contributed by atoms with Gasteiger partial charge in [0.15, 0.2) is 0 Å². The zero-order chi connectivity index (χ0) is 12.3. The van der Waals surface area contributed by atoms with E-state index in [2.05, 4.69) is 48.1 Å². The number of aromatic nitrogens is 1. The Morgan fingerprint density at radius 3 is 2.82 bits per heavy atom. The fourth-order valence-corrected chi connectivity index (χ4v) is 2.07. The number of fused-ring (bicyclic) bond motifs is 1. The molecule has 1 unspecified atom stereocenters. The maximum atomic E-state index is 5.87. The summed E-state index contributed by atoms with van der Waals surface area (Å²) < 4.78 is 0. The lowest BCUT2D eigenvalue weighted by Crippen LogP contribution is -2.29.